The summed E-state index contributed by atoms with van der Waals surface area (Å²) in [7, 11) is 0. The fourth-order valence-electron chi connectivity index (χ4n) is 10.3. The lowest BCUT2D eigenvalue weighted by molar-refractivity contribution is 0.199. The van der Waals surface area contributed by atoms with Crippen LogP contribution in [-0.2, 0) is 0 Å². The summed E-state index contributed by atoms with van der Waals surface area (Å²) < 4.78 is 0. The Labute approximate surface area is 389 Å². The van der Waals surface area contributed by atoms with Gasteiger partial charge in [-0.25, -0.2) is 0 Å². The van der Waals surface area contributed by atoms with E-state index in [1.165, 1.54) is 312 Å². The molecule has 0 nitrogen and oxygen atoms in total. The molecule has 3 atom stereocenters. The van der Waals surface area contributed by atoms with Crippen molar-refractivity contribution < 1.29 is 0 Å². The van der Waals surface area contributed by atoms with E-state index in [-0.39, 0.29) is 5.41 Å². The summed E-state index contributed by atoms with van der Waals surface area (Å²) in [6.45, 7) is 29.0. The highest BCUT2D eigenvalue weighted by Crippen LogP contribution is 2.50. The van der Waals surface area contributed by atoms with E-state index in [1.807, 2.05) is 0 Å². The minimum Gasteiger partial charge on any atom is -0.0996 e. The van der Waals surface area contributed by atoms with E-state index in [0.717, 1.165) is 0 Å². The summed E-state index contributed by atoms with van der Waals surface area (Å²) in [6, 6.07) is 0. The average Bonchev–Trinajstić information content (AvgIpc) is 3.26. The van der Waals surface area contributed by atoms with Gasteiger partial charge in [-0.2, -0.15) is 0 Å². The van der Waals surface area contributed by atoms with Crippen LogP contribution in [0.25, 0.3) is 0 Å². The molecule has 0 N–H and O–H groups in total. The predicted octanol–water partition coefficient (Wildman–Crippen LogP) is 22.9. The Balaban J connectivity index is 4.73. The number of rotatable bonds is 51. The summed E-state index contributed by atoms with van der Waals surface area (Å²) in [6.07, 6.45) is 64.6. The standard InChI is InChI=1S/C61H118/c1-10-13-16-19-22-25-28-31-33-36-39-42-45-48-51-54-57(5)60(8)61(9,58(6)55-52-49-46-43-40-37-34-32-29-26-23-20-17-14-11-2)59(7)56(4)53-50-47-44-41-38-35-30-27-24-21-18-15-12-3/h59-60H,4-6,10-55H2,1-3,7-9H3. The molecule has 0 fully saturated rings. The summed E-state index contributed by atoms with van der Waals surface area (Å²) in [5.74, 6) is 0.892. The highest BCUT2D eigenvalue weighted by Gasteiger charge is 2.40. The lowest BCUT2D eigenvalue weighted by Gasteiger charge is -2.45. The minimum absolute atomic E-state index is 0.0379. The van der Waals surface area contributed by atoms with Gasteiger partial charge in [0.05, 0.1) is 0 Å². The van der Waals surface area contributed by atoms with Crippen molar-refractivity contribution in [3.63, 3.8) is 0 Å². The minimum atomic E-state index is 0.0379. The molecule has 3 unspecified atom stereocenters. The largest absolute Gasteiger partial charge is 0.0996 e. The highest BCUT2D eigenvalue weighted by molar-refractivity contribution is 5.24. The molecule has 0 aliphatic rings. The lowest BCUT2D eigenvalue weighted by Crippen LogP contribution is -2.36. The van der Waals surface area contributed by atoms with Gasteiger partial charge in [0.1, 0.15) is 0 Å². The number of hydrogen-bond donors (Lipinski definition) is 0. The van der Waals surface area contributed by atoms with Crippen LogP contribution in [0.2, 0.25) is 0 Å². The van der Waals surface area contributed by atoms with Crippen LogP contribution >= 0.6 is 0 Å². The molecule has 61 heavy (non-hydrogen) atoms. The smallest absolute Gasteiger partial charge is 0.000615 e. The van der Waals surface area contributed by atoms with Gasteiger partial charge in [-0.1, -0.05) is 335 Å². The SMILES string of the molecule is C=C(CCCCCCCCCCCCCCC)C(C)C(C)(C(=C)CCCCCCCCCCCCCCCCC)C(C)C(=C)CCCCCCCCCCCCCCCCC. The van der Waals surface area contributed by atoms with Gasteiger partial charge in [0.2, 0.25) is 0 Å². The first-order valence-electron chi connectivity index (χ1n) is 28.8. The number of allylic oxidation sites excluding steroid dienone is 3. The second-order valence-corrected chi connectivity index (χ2v) is 21.0. The Morgan fingerprint density at radius 2 is 0.443 bits per heavy atom. The van der Waals surface area contributed by atoms with Gasteiger partial charge >= 0.3 is 0 Å². The van der Waals surface area contributed by atoms with Crippen molar-refractivity contribution in [1.82, 2.24) is 0 Å². The van der Waals surface area contributed by atoms with Gasteiger partial charge in [0, 0.05) is 5.41 Å². The maximum Gasteiger partial charge on any atom is 0.000615 e. The maximum absolute atomic E-state index is 4.90. The van der Waals surface area contributed by atoms with Gasteiger partial charge in [-0.05, 0) is 50.4 Å². The third-order valence-corrected chi connectivity index (χ3v) is 15.6. The zero-order valence-electron chi connectivity index (χ0n) is 43.8. The van der Waals surface area contributed by atoms with Crippen LogP contribution in [0, 0.1) is 17.3 Å². The van der Waals surface area contributed by atoms with Crippen molar-refractivity contribution >= 4 is 0 Å². The molecule has 0 aromatic heterocycles. The second kappa shape index (κ2) is 45.8. The normalized spacial score (nSPS) is 13.7. The molecule has 0 aromatic rings. The zero-order valence-corrected chi connectivity index (χ0v) is 43.8. The topological polar surface area (TPSA) is 0 Å². The molecule has 362 valence electrons. The molecule has 0 spiro atoms. The maximum atomic E-state index is 4.90. The van der Waals surface area contributed by atoms with E-state index in [1.54, 1.807) is 0 Å². The van der Waals surface area contributed by atoms with Crippen molar-refractivity contribution in [3.05, 3.63) is 36.5 Å². The van der Waals surface area contributed by atoms with Gasteiger partial charge in [-0.3, -0.25) is 0 Å². The van der Waals surface area contributed by atoms with Crippen molar-refractivity contribution in [2.24, 2.45) is 17.3 Å². The van der Waals surface area contributed by atoms with Crippen LogP contribution in [0.1, 0.15) is 337 Å². The molecule has 0 aliphatic carbocycles. The molecule has 0 rings (SSSR count). The fourth-order valence-corrected chi connectivity index (χ4v) is 10.3. The Bertz CT molecular complexity index is 938. The molecular formula is C61H118. The van der Waals surface area contributed by atoms with Gasteiger partial charge < -0.3 is 0 Å². The van der Waals surface area contributed by atoms with Crippen molar-refractivity contribution in [3.8, 4) is 0 Å². The van der Waals surface area contributed by atoms with Crippen molar-refractivity contribution in [1.29, 1.82) is 0 Å². The molecule has 0 saturated carbocycles. The van der Waals surface area contributed by atoms with Crippen LogP contribution in [0.4, 0.5) is 0 Å². The van der Waals surface area contributed by atoms with E-state index in [4.69, 9.17) is 19.7 Å². The van der Waals surface area contributed by atoms with E-state index in [2.05, 4.69) is 41.5 Å². The third kappa shape index (κ3) is 35.2. The first-order chi connectivity index (χ1) is 29.8. The molecule has 0 saturated heterocycles. The van der Waals surface area contributed by atoms with E-state index in [0.29, 0.717) is 11.8 Å². The summed E-state index contributed by atoms with van der Waals surface area (Å²) in [5, 5.41) is 0. The predicted molar refractivity (Wildman–Crippen MR) is 283 cm³/mol. The summed E-state index contributed by atoms with van der Waals surface area (Å²) >= 11 is 0. The Morgan fingerprint density at radius 1 is 0.279 bits per heavy atom. The Morgan fingerprint density at radius 3 is 0.639 bits per heavy atom. The quantitative estimate of drug-likeness (QED) is 0.0422. The molecule has 0 aliphatic heterocycles. The van der Waals surface area contributed by atoms with Crippen LogP contribution in [0.5, 0.6) is 0 Å². The first kappa shape index (κ1) is 60.2. The average molecular weight is 852 g/mol. The summed E-state index contributed by atoms with van der Waals surface area (Å²) in [5.41, 5.74) is 4.45. The molecule has 0 radical (unpaired) electrons. The first-order valence-corrected chi connectivity index (χ1v) is 28.8. The summed E-state index contributed by atoms with van der Waals surface area (Å²) in [4.78, 5) is 0. The van der Waals surface area contributed by atoms with Crippen LogP contribution in [-0.4, -0.2) is 0 Å². The molecule has 0 heterocycles. The van der Waals surface area contributed by atoms with Gasteiger partial charge in [-0.15, -0.1) is 0 Å². The molecule has 0 bridgehead atoms. The van der Waals surface area contributed by atoms with E-state index >= 15 is 0 Å². The van der Waals surface area contributed by atoms with Crippen molar-refractivity contribution in [2.45, 2.75) is 337 Å². The number of unbranched alkanes of at least 4 members (excludes halogenated alkanes) is 40. The molecular weight excluding hydrogens is 733 g/mol. The fraction of sp³-hybridized carbons (Fsp3) is 0.902. The zero-order chi connectivity index (χ0) is 44.9. The van der Waals surface area contributed by atoms with Gasteiger partial charge in [0.15, 0.2) is 0 Å². The molecule has 0 heteroatoms. The molecule has 0 amide bonds. The molecule has 0 aromatic carbocycles. The van der Waals surface area contributed by atoms with Crippen LogP contribution < -0.4 is 0 Å². The lowest BCUT2D eigenvalue weighted by atomic mass is 9.59. The van der Waals surface area contributed by atoms with Crippen LogP contribution in [0.15, 0.2) is 36.5 Å². The van der Waals surface area contributed by atoms with Crippen molar-refractivity contribution in [2.75, 3.05) is 0 Å². The number of hydrogen-bond acceptors (Lipinski definition) is 0. The Kier molecular flexibility index (Phi) is 45.2. The van der Waals surface area contributed by atoms with E-state index in [9.17, 15) is 0 Å². The highest BCUT2D eigenvalue weighted by atomic mass is 14.4. The van der Waals surface area contributed by atoms with Crippen LogP contribution in [0.3, 0.4) is 0 Å². The third-order valence-electron chi connectivity index (χ3n) is 15.6. The monoisotopic (exact) mass is 851 g/mol. The van der Waals surface area contributed by atoms with Gasteiger partial charge in [0.25, 0.3) is 0 Å². The second-order valence-electron chi connectivity index (χ2n) is 21.0. The Hall–Kier alpha value is -0.780. The van der Waals surface area contributed by atoms with E-state index < -0.39 is 0 Å².